The summed E-state index contributed by atoms with van der Waals surface area (Å²) in [5.41, 5.74) is 3.86. The zero-order valence-corrected chi connectivity index (χ0v) is 18.1. The summed E-state index contributed by atoms with van der Waals surface area (Å²) in [7, 11) is 0. The zero-order chi connectivity index (χ0) is 22.2. The summed E-state index contributed by atoms with van der Waals surface area (Å²) in [5, 5.41) is 2.89. The van der Waals surface area contributed by atoms with Crippen LogP contribution in [0.4, 0.5) is 5.69 Å². The van der Waals surface area contributed by atoms with Crippen LogP contribution in [0.1, 0.15) is 46.8 Å². The van der Waals surface area contributed by atoms with Gasteiger partial charge in [-0.15, -0.1) is 0 Å². The number of carbonyl (C=O) groups is 2. The van der Waals surface area contributed by atoms with Crippen molar-refractivity contribution in [1.82, 2.24) is 0 Å². The van der Waals surface area contributed by atoms with Gasteiger partial charge in [0.15, 0.2) is 6.61 Å². The number of hydrogen-bond acceptors (Lipinski definition) is 4. The molecule has 0 unspecified atom stereocenters. The summed E-state index contributed by atoms with van der Waals surface area (Å²) in [6, 6.07) is 22.3. The predicted octanol–water partition coefficient (Wildman–Crippen LogP) is 5.49. The highest BCUT2D eigenvalue weighted by Crippen LogP contribution is 2.27. The standard InChI is InChI=1S/C26H27NO4/c1-18(2)22-15-9-10-19(3)25(22)27-24(28)17-31-26(29)23-14-8-7-11-20(23)16-30-21-12-5-4-6-13-21/h4-15,18H,16-17H2,1-3H3,(H,27,28). The number of ether oxygens (including phenoxy) is 2. The number of nitrogens with one attached hydrogen (secondary N) is 1. The Morgan fingerprint density at radius 1 is 0.903 bits per heavy atom. The Morgan fingerprint density at radius 3 is 2.35 bits per heavy atom. The second-order valence-corrected chi connectivity index (χ2v) is 7.58. The summed E-state index contributed by atoms with van der Waals surface area (Å²) < 4.78 is 11.0. The van der Waals surface area contributed by atoms with Crippen molar-refractivity contribution < 1.29 is 19.1 Å². The molecule has 0 radical (unpaired) electrons. The van der Waals surface area contributed by atoms with Crippen molar-refractivity contribution in [1.29, 1.82) is 0 Å². The summed E-state index contributed by atoms with van der Waals surface area (Å²) in [4.78, 5) is 25.1. The number of rotatable bonds is 8. The lowest BCUT2D eigenvalue weighted by Gasteiger charge is -2.16. The quantitative estimate of drug-likeness (QED) is 0.492. The zero-order valence-electron chi connectivity index (χ0n) is 18.1. The van der Waals surface area contributed by atoms with Gasteiger partial charge in [0, 0.05) is 11.3 Å². The molecular weight excluding hydrogens is 390 g/mol. The number of benzene rings is 3. The first-order chi connectivity index (χ1) is 15.0. The van der Waals surface area contributed by atoms with Gasteiger partial charge in [-0.3, -0.25) is 4.79 Å². The van der Waals surface area contributed by atoms with Crippen molar-refractivity contribution >= 4 is 17.6 Å². The first kappa shape index (κ1) is 22.1. The van der Waals surface area contributed by atoms with Gasteiger partial charge in [-0.2, -0.15) is 0 Å². The molecule has 0 aliphatic heterocycles. The molecule has 0 saturated carbocycles. The van der Waals surface area contributed by atoms with E-state index in [0.717, 1.165) is 16.8 Å². The third-order valence-corrected chi connectivity index (χ3v) is 4.90. The Hall–Kier alpha value is -3.60. The molecule has 0 aliphatic carbocycles. The Labute approximate surface area is 183 Å². The smallest absolute Gasteiger partial charge is 0.339 e. The van der Waals surface area contributed by atoms with Crippen molar-refractivity contribution in [2.24, 2.45) is 0 Å². The van der Waals surface area contributed by atoms with Crippen LogP contribution < -0.4 is 10.1 Å². The molecular formula is C26H27NO4. The van der Waals surface area contributed by atoms with E-state index in [1.54, 1.807) is 12.1 Å². The number of esters is 1. The summed E-state index contributed by atoms with van der Waals surface area (Å²) >= 11 is 0. The lowest BCUT2D eigenvalue weighted by molar-refractivity contribution is -0.119. The highest BCUT2D eigenvalue weighted by molar-refractivity contribution is 5.97. The van der Waals surface area contributed by atoms with Crippen molar-refractivity contribution in [3.05, 3.63) is 95.1 Å². The van der Waals surface area contributed by atoms with E-state index in [2.05, 4.69) is 19.2 Å². The number of anilines is 1. The summed E-state index contributed by atoms with van der Waals surface area (Å²) in [6.45, 7) is 5.94. The van der Waals surface area contributed by atoms with E-state index in [1.165, 1.54) is 0 Å². The van der Waals surface area contributed by atoms with Crippen molar-refractivity contribution in [3.8, 4) is 5.75 Å². The molecule has 0 saturated heterocycles. The number of hydrogen-bond donors (Lipinski definition) is 1. The van der Waals surface area contributed by atoms with E-state index in [4.69, 9.17) is 9.47 Å². The number of aryl methyl sites for hydroxylation is 1. The van der Waals surface area contributed by atoms with Gasteiger partial charge in [-0.25, -0.2) is 4.79 Å². The molecule has 3 aromatic rings. The van der Waals surface area contributed by atoms with Gasteiger partial charge in [0.2, 0.25) is 0 Å². The van der Waals surface area contributed by atoms with E-state index < -0.39 is 5.97 Å². The monoisotopic (exact) mass is 417 g/mol. The van der Waals surface area contributed by atoms with E-state index in [-0.39, 0.29) is 25.0 Å². The molecule has 0 aliphatic rings. The molecule has 3 aromatic carbocycles. The third-order valence-electron chi connectivity index (χ3n) is 4.90. The van der Waals surface area contributed by atoms with Gasteiger partial charge < -0.3 is 14.8 Å². The van der Waals surface area contributed by atoms with Gasteiger partial charge in [-0.1, -0.05) is 68.4 Å². The fraction of sp³-hybridized carbons (Fsp3) is 0.231. The average molecular weight is 418 g/mol. The lowest BCUT2D eigenvalue weighted by Crippen LogP contribution is -2.22. The predicted molar refractivity (Wildman–Crippen MR) is 121 cm³/mol. The lowest BCUT2D eigenvalue weighted by atomic mass is 9.98. The van der Waals surface area contributed by atoms with Crippen LogP contribution in [0.2, 0.25) is 0 Å². The number of carbonyl (C=O) groups excluding carboxylic acids is 2. The Balaban J connectivity index is 1.62. The second kappa shape index (κ2) is 10.4. The maximum absolute atomic E-state index is 12.6. The SMILES string of the molecule is Cc1cccc(C(C)C)c1NC(=O)COC(=O)c1ccccc1COc1ccccc1. The number of para-hydroxylation sites is 2. The minimum absolute atomic E-state index is 0.225. The highest BCUT2D eigenvalue weighted by atomic mass is 16.5. The molecule has 0 aromatic heterocycles. The normalized spacial score (nSPS) is 10.6. The first-order valence-electron chi connectivity index (χ1n) is 10.3. The minimum atomic E-state index is -0.559. The van der Waals surface area contributed by atoms with Gasteiger partial charge >= 0.3 is 5.97 Å². The Bertz CT molecular complexity index is 1040. The van der Waals surface area contributed by atoms with Crippen LogP contribution in [0, 0.1) is 6.92 Å². The van der Waals surface area contributed by atoms with Crippen molar-refractivity contribution in [2.75, 3.05) is 11.9 Å². The fourth-order valence-corrected chi connectivity index (χ4v) is 3.25. The summed E-state index contributed by atoms with van der Waals surface area (Å²) in [5.74, 6) is 0.0392. The van der Waals surface area contributed by atoms with E-state index >= 15 is 0 Å². The van der Waals surface area contributed by atoms with Crippen LogP contribution in [0.15, 0.2) is 72.8 Å². The number of amides is 1. The molecule has 1 N–H and O–H groups in total. The van der Waals surface area contributed by atoms with Gasteiger partial charge in [0.25, 0.3) is 5.91 Å². The maximum Gasteiger partial charge on any atom is 0.339 e. The molecule has 5 heteroatoms. The Kier molecular flexibility index (Phi) is 7.44. The van der Waals surface area contributed by atoms with Crippen LogP contribution in [-0.4, -0.2) is 18.5 Å². The molecule has 0 spiro atoms. The van der Waals surface area contributed by atoms with Crippen LogP contribution >= 0.6 is 0 Å². The molecule has 0 fully saturated rings. The first-order valence-corrected chi connectivity index (χ1v) is 10.3. The Morgan fingerprint density at radius 2 is 1.61 bits per heavy atom. The van der Waals surface area contributed by atoms with Crippen molar-refractivity contribution in [2.45, 2.75) is 33.3 Å². The molecule has 0 bridgehead atoms. The molecule has 0 heterocycles. The van der Waals surface area contributed by atoms with E-state index in [9.17, 15) is 9.59 Å². The van der Waals surface area contributed by atoms with Crippen molar-refractivity contribution in [3.63, 3.8) is 0 Å². The second-order valence-electron chi connectivity index (χ2n) is 7.58. The molecule has 160 valence electrons. The maximum atomic E-state index is 12.6. The van der Waals surface area contributed by atoms with Crippen LogP contribution in [-0.2, 0) is 16.1 Å². The minimum Gasteiger partial charge on any atom is -0.489 e. The van der Waals surface area contributed by atoms with Crippen LogP contribution in [0.5, 0.6) is 5.75 Å². The van der Waals surface area contributed by atoms with Gasteiger partial charge in [-0.05, 0) is 42.2 Å². The van der Waals surface area contributed by atoms with Gasteiger partial charge in [0.1, 0.15) is 12.4 Å². The largest absolute Gasteiger partial charge is 0.489 e. The van der Waals surface area contributed by atoms with Crippen LogP contribution in [0.3, 0.4) is 0 Å². The molecule has 1 amide bonds. The third kappa shape index (κ3) is 5.95. The topological polar surface area (TPSA) is 64.6 Å². The molecule has 3 rings (SSSR count). The van der Waals surface area contributed by atoms with E-state index in [1.807, 2.05) is 67.6 Å². The summed E-state index contributed by atoms with van der Waals surface area (Å²) in [6.07, 6.45) is 0. The average Bonchev–Trinajstić information content (AvgIpc) is 2.78. The molecule has 0 atom stereocenters. The highest BCUT2D eigenvalue weighted by Gasteiger charge is 2.16. The molecule has 31 heavy (non-hydrogen) atoms. The van der Waals surface area contributed by atoms with Gasteiger partial charge in [0.05, 0.1) is 5.56 Å². The fourth-order valence-electron chi connectivity index (χ4n) is 3.25. The van der Waals surface area contributed by atoms with E-state index in [0.29, 0.717) is 16.9 Å². The van der Waals surface area contributed by atoms with Crippen LogP contribution in [0.25, 0.3) is 0 Å². The molecule has 5 nitrogen and oxygen atoms in total.